The van der Waals surface area contributed by atoms with Gasteiger partial charge in [0.1, 0.15) is 12.1 Å². The fourth-order valence-corrected chi connectivity index (χ4v) is 1.76. The van der Waals surface area contributed by atoms with Crippen molar-refractivity contribution in [3.63, 3.8) is 0 Å². The van der Waals surface area contributed by atoms with Crippen LogP contribution in [-0.2, 0) is 21.0 Å². The lowest BCUT2D eigenvalue weighted by atomic mass is 10.2. The molecule has 0 bridgehead atoms. The van der Waals surface area contributed by atoms with E-state index in [1.165, 1.54) is 18.2 Å². The predicted molar refractivity (Wildman–Crippen MR) is 64.7 cm³/mol. The van der Waals surface area contributed by atoms with Gasteiger partial charge in [-0.25, -0.2) is 0 Å². The van der Waals surface area contributed by atoms with Crippen LogP contribution in [0.2, 0.25) is 0 Å². The van der Waals surface area contributed by atoms with Crippen molar-refractivity contribution < 1.29 is 19.6 Å². The third-order valence-corrected chi connectivity index (χ3v) is 2.73. The Morgan fingerprint density at radius 2 is 2.10 bits per heavy atom. The van der Waals surface area contributed by atoms with Gasteiger partial charge in [-0.3, -0.25) is 25.1 Å². The van der Waals surface area contributed by atoms with Gasteiger partial charge >= 0.3 is 0 Å². The van der Waals surface area contributed by atoms with Crippen molar-refractivity contribution >= 4 is 23.2 Å². The molecule has 3 N–H and O–H groups in total. The van der Waals surface area contributed by atoms with E-state index in [2.05, 4.69) is 10.0 Å². The highest BCUT2D eigenvalue weighted by Crippen LogP contribution is 2.24. The summed E-state index contributed by atoms with van der Waals surface area (Å²) in [4.78, 5) is 30.8. The molecule has 0 unspecified atom stereocenters. The first-order valence-corrected chi connectivity index (χ1v) is 5.75. The van der Waals surface area contributed by atoms with Crippen LogP contribution in [0.5, 0.6) is 0 Å². The van der Waals surface area contributed by atoms with E-state index in [-0.39, 0.29) is 19.4 Å². The third-order valence-electron chi connectivity index (χ3n) is 2.73. The zero-order valence-corrected chi connectivity index (χ0v) is 10.4. The summed E-state index contributed by atoms with van der Waals surface area (Å²) in [5, 5.41) is 13.2. The maximum absolute atomic E-state index is 11.4. The van der Waals surface area contributed by atoms with Gasteiger partial charge in [0, 0.05) is 18.4 Å². The maximum Gasteiger partial charge on any atom is 0.254 e. The zero-order chi connectivity index (χ0) is 14.5. The summed E-state index contributed by atoms with van der Waals surface area (Å²) in [5.41, 5.74) is 9.83. The van der Waals surface area contributed by atoms with Crippen molar-refractivity contribution in [3.8, 4) is 0 Å². The van der Waals surface area contributed by atoms with Crippen molar-refractivity contribution in [2.75, 3.05) is 5.48 Å². The highest BCUT2D eigenvalue weighted by molar-refractivity contribution is 6.00. The van der Waals surface area contributed by atoms with E-state index in [1.54, 1.807) is 0 Å². The van der Waals surface area contributed by atoms with E-state index in [9.17, 15) is 9.59 Å². The Bertz CT molecular complexity index is 580. The molecule has 0 aromatic heterocycles. The molecule has 20 heavy (non-hydrogen) atoms. The van der Waals surface area contributed by atoms with Gasteiger partial charge in [0.15, 0.2) is 10.8 Å². The minimum absolute atomic E-state index is 0.109. The lowest BCUT2D eigenvalue weighted by molar-refractivity contribution is -0.191. The SMILES string of the molecule is N=[N+]=Nc1ccc(NO)c(CON2C(=O)CCC2=O)c1. The van der Waals surface area contributed by atoms with Gasteiger partial charge in [-0.05, 0) is 18.2 Å². The molecule has 9 heteroatoms. The molecule has 0 radical (unpaired) electrons. The van der Waals surface area contributed by atoms with Crippen molar-refractivity contribution in [2.45, 2.75) is 19.4 Å². The van der Waals surface area contributed by atoms with Crippen LogP contribution in [0.25, 0.3) is 0 Å². The molecular weight excluding hydrogens is 266 g/mol. The Morgan fingerprint density at radius 1 is 1.40 bits per heavy atom. The summed E-state index contributed by atoms with van der Waals surface area (Å²) in [6.07, 6.45) is 0.272. The van der Waals surface area contributed by atoms with Crippen LogP contribution in [0, 0.1) is 5.53 Å². The lowest BCUT2D eigenvalue weighted by Crippen LogP contribution is -2.29. The molecule has 9 nitrogen and oxygen atoms in total. The van der Waals surface area contributed by atoms with Gasteiger partial charge in [-0.2, -0.15) is 5.06 Å². The average Bonchev–Trinajstić information content (AvgIpc) is 2.76. The van der Waals surface area contributed by atoms with Crippen LogP contribution >= 0.6 is 0 Å². The Labute approximate surface area is 113 Å². The molecule has 104 valence electrons. The third kappa shape index (κ3) is 2.86. The molecule has 1 aromatic carbocycles. The number of nitrogens with one attached hydrogen (secondary N) is 2. The Balaban J connectivity index is 2.15. The average molecular weight is 278 g/mol. The molecule has 0 aliphatic carbocycles. The fourth-order valence-electron chi connectivity index (χ4n) is 1.76. The first-order valence-electron chi connectivity index (χ1n) is 5.75. The summed E-state index contributed by atoms with van der Waals surface area (Å²) in [7, 11) is 0. The summed E-state index contributed by atoms with van der Waals surface area (Å²) in [5.74, 6) is -0.786. The largest absolute Gasteiger partial charge is 0.291 e. The van der Waals surface area contributed by atoms with Gasteiger partial charge in [-0.15, -0.1) is 0 Å². The number of hydrogen-bond donors (Lipinski definition) is 3. The normalized spacial score (nSPS) is 14.3. The number of carbonyl (C=O) groups is 2. The van der Waals surface area contributed by atoms with Crippen molar-refractivity contribution in [1.29, 1.82) is 5.53 Å². The predicted octanol–water partition coefficient (Wildman–Crippen LogP) is 1.25. The van der Waals surface area contributed by atoms with Crippen LogP contribution < -0.4 is 10.4 Å². The minimum atomic E-state index is -0.393. The van der Waals surface area contributed by atoms with Gasteiger partial charge < -0.3 is 0 Å². The number of nitrogens with zero attached hydrogens (tertiary/aromatic N) is 3. The van der Waals surface area contributed by atoms with E-state index >= 15 is 0 Å². The summed E-state index contributed by atoms with van der Waals surface area (Å²) < 4.78 is 0. The van der Waals surface area contributed by atoms with Gasteiger partial charge in [-0.1, -0.05) is 0 Å². The van der Waals surface area contributed by atoms with Crippen LogP contribution in [0.4, 0.5) is 11.4 Å². The molecule has 1 aliphatic rings. The number of hydroxylamine groups is 2. The van der Waals surface area contributed by atoms with Crippen molar-refractivity contribution in [3.05, 3.63) is 23.8 Å². The molecule has 1 heterocycles. The number of amides is 2. The van der Waals surface area contributed by atoms with Crippen molar-refractivity contribution in [2.24, 2.45) is 5.11 Å². The highest BCUT2D eigenvalue weighted by Gasteiger charge is 2.30. The van der Waals surface area contributed by atoms with E-state index in [0.717, 1.165) is 5.06 Å². The van der Waals surface area contributed by atoms with Crippen LogP contribution in [0.15, 0.2) is 23.3 Å². The quantitative estimate of drug-likeness (QED) is 0.323. The van der Waals surface area contributed by atoms with Crippen molar-refractivity contribution in [1.82, 2.24) is 9.97 Å². The number of anilines is 1. The molecule has 1 saturated heterocycles. The topological polar surface area (TPSA) is 129 Å². The standard InChI is InChI=1S/C11H11N5O4/c12-15-13-8-1-2-9(14-19)7(5-8)6-20-16-10(17)3-4-11(16)18/h1-2,5H,3-4,6H2,(H2,12,13,19)/p+1. The second-order valence-corrected chi connectivity index (χ2v) is 4.01. The minimum Gasteiger partial charge on any atom is -0.291 e. The first-order chi connectivity index (χ1) is 9.65. The smallest absolute Gasteiger partial charge is 0.254 e. The number of imide groups is 1. The number of hydrogen-bond acceptors (Lipinski definition) is 7. The van der Waals surface area contributed by atoms with E-state index < -0.39 is 11.8 Å². The molecule has 1 aromatic rings. The fraction of sp³-hybridized carbons (Fsp3) is 0.273. The molecule has 1 aliphatic heterocycles. The summed E-state index contributed by atoms with van der Waals surface area (Å²) in [6, 6.07) is 4.56. The number of rotatable bonds is 5. The Hall–Kier alpha value is -2.61. The molecule has 2 rings (SSSR count). The lowest BCUT2D eigenvalue weighted by Gasteiger charge is -2.14. The second-order valence-electron chi connectivity index (χ2n) is 4.01. The Morgan fingerprint density at radius 3 is 2.70 bits per heavy atom. The molecule has 0 spiro atoms. The van der Waals surface area contributed by atoms with Crippen LogP contribution in [0.1, 0.15) is 18.4 Å². The zero-order valence-electron chi connectivity index (χ0n) is 10.4. The van der Waals surface area contributed by atoms with Gasteiger partial charge in [0.2, 0.25) is 4.91 Å². The molecule has 2 amide bonds. The monoisotopic (exact) mass is 278 g/mol. The van der Waals surface area contributed by atoms with E-state index in [0.29, 0.717) is 16.9 Å². The first kappa shape index (κ1) is 13.8. The second kappa shape index (κ2) is 6.02. The molecule has 0 saturated carbocycles. The Kier molecular flexibility index (Phi) is 4.16. The summed E-state index contributed by atoms with van der Waals surface area (Å²) >= 11 is 0. The number of carbonyl (C=O) groups excluding carboxylic acids is 2. The molecule has 0 atom stereocenters. The van der Waals surface area contributed by atoms with E-state index in [4.69, 9.17) is 15.6 Å². The van der Waals surface area contributed by atoms with E-state index in [1.807, 2.05) is 5.48 Å². The number of benzene rings is 1. The maximum atomic E-state index is 11.4. The molecule has 1 fully saturated rings. The molecular formula is C11H12N5O4+. The summed E-state index contributed by atoms with van der Waals surface area (Å²) in [6.45, 7) is -0.109. The highest BCUT2D eigenvalue weighted by atomic mass is 16.7. The van der Waals surface area contributed by atoms with Gasteiger partial charge in [0.25, 0.3) is 11.8 Å². The van der Waals surface area contributed by atoms with Gasteiger partial charge in [0.05, 0.1) is 5.69 Å². The van der Waals surface area contributed by atoms with Crippen LogP contribution in [0.3, 0.4) is 0 Å². The van der Waals surface area contributed by atoms with Crippen LogP contribution in [-0.4, -0.2) is 22.1 Å².